The number of carbonyl (C=O) groups excluding carboxylic acids is 2. The van der Waals surface area contributed by atoms with Crippen molar-refractivity contribution in [1.29, 1.82) is 0 Å². The molecule has 4 aromatic rings. The maximum Gasteiger partial charge on any atom is 0.399 e. The van der Waals surface area contributed by atoms with E-state index in [0.29, 0.717) is 44.5 Å². The van der Waals surface area contributed by atoms with Gasteiger partial charge in [-0.2, -0.15) is 17.6 Å². The molecule has 4 rings (SSSR count). The first kappa shape index (κ1) is 49.4. The van der Waals surface area contributed by atoms with Gasteiger partial charge in [-0.3, -0.25) is 18.7 Å². The average molecular weight is 937 g/mol. The highest BCUT2D eigenvalue weighted by Gasteiger charge is 2.51. The van der Waals surface area contributed by atoms with E-state index in [9.17, 15) is 53.1 Å². The van der Waals surface area contributed by atoms with Gasteiger partial charge in [0.15, 0.2) is 19.7 Å². The fraction of sp³-hybridized carbons (Fsp3) is 0.333. The van der Waals surface area contributed by atoms with E-state index in [2.05, 4.69) is 0 Å². The first-order chi connectivity index (χ1) is 28.2. The van der Waals surface area contributed by atoms with Gasteiger partial charge in [0, 0.05) is 22.6 Å². The van der Waals surface area contributed by atoms with Crippen LogP contribution >= 0.6 is 15.2 Å². The molecule has 22 heteroatoms. The molecule has 0 heterocycles. The molecule has 0 fully saturated rings. The normalized spacial score (nSPS) is 12.9. The lowest BCUT2D eigenvalue weighted by molar-refractivity contribution is -0.156. The second-order valence-corrected chi connectivity index (χ2v) is 22.0. The Balaban J connectivity index is 1.48. The number of sulfone groups is 2. The smallest absolute Gasteiger partial charge is 0.399 e. The number of carbonyl (C=O) groups is 2. The van der Waals surface area contributed by atoms with Crippen molar-refractivity contribution in [2.75, 3.05) is 11.5 Å². The number of esters is 2. The van der Waals surface area contributed by atoms with E-state index in [1.54, 1.807) is 0 Å². The highest BCUT2D eigenvalue weighted by atomic mass is 32.2. The van der Waals surface area contributed by atoms with Gasteiger partial charge in [-0.15, -0.1) is 0 Å². The van der Waals surface area contributed by atoms with Crippen LogP contribution in [0, 0.1) is 0 Å². The van der Waals surface area contributed by atoms with Gasteiger partial charge in [0.25, 0.3) is 0 Å². The minimum Gasteiger partial charge on any atom is -0.460 e. The summed E-state index contributed by atoms with van der Waals surface area (Å²) in [5.41, 5.74) is -7.66. The number of hydrogen-bond donors (Lipinski definition) is 4. The molecule has 4 N–H and O–H groups in total. The van der Waals surface area contributed by atoms with Crippen LogP contribution in [0.2, 0.25) is 0 Å². The quantitative estimate of drug-likeness (QED) is 0.0326. The van der Waals surface area contributed by atoms with Gasteiger partial charge in [-0.1, -0.05) is 98.8 Å². The first-order valence-electron chi connectivity index (χ1n) is 18.2. The van der Waals surface area contributed by atoms with Crippen LogP contribution in [0.4, 0.5) is 17.6 Å². The van der Waals surface area contributed by atoms with Gasteiger partial charge in [0.1, 0.15) is 19.6 Å². The Kier molecular flexibility index (Phi) is 15.7. The van der Waals surface area contributed by atoms with E-state index >= 15 is 0 Å². The summed E-state index contributed by atoms with van der Waals surface area (Å²) in [7, 11) is -18.6. The maximum absolute atomic E-state index is 14.2. The largest absolute Gasteiger partial charge is 0.460 e. The van der Waals surface area contributed by atoms with E-state index in [-0.39, 0.29) is 35.9 Å². The Bertz CT molecular complexity index is 2380. The molecular weight excluding hydrogens is 894 g/mol. The molecule has 0 spiro atoms. The third-order valence-electron chi connectivity index (χ3n) is 9.38. The zero-order chi connectivity index (χ0) is 45.6. The van der Waals surface area contributed by atoms with Crippen LogP contribution in [0.25, 0.3) is 0 Å². The van der Waals surface area contributed by atoms with Gasteiger partial charge >= 0.3 is 38.5 Å². The molecule has 0 aromatic heterocycles. The van der Waals surface area contributed by atoms with Gasteiger partial charge in [-0.05, 0) is 57.3 Å². The Labute approximate surface area is 349 Å². The van der Waals surface area contributed by atoms with Gasteiger partial charge in [0.2, 0.25) is 0 Å². The number of hydrogen-bond acceptors (Lipinski definition) is 10. The van der Waals surface area contributed by atoms with Crippen LogP contribution in [0.15, 0.2) is 84.9 Å². The predicted molar refractivity (Wildman–Crippen MR) is 214 cm³/mol. The summed E-state index contributed by atoms with van der Waals surface area (Å²) in [6.45, 7) is 2.11. The molecule has 14 nitrogen and oxygen atoms in total. The van der Waals surface area contributed by atoms with Crippen LogP contribution in [-0.4, -0.2) is 59.9 Å². The lowest BCUT2D eigenvalue weighted by Crippen LogP contribution is -2.15. The van der Waals surface area contributed by atoms with Crippen molar-refractivity contribution in [1.82, 2.24) is 0 Å². The monoisotopic (exact) mass is 936 g/mol. The molecule has 0 saturated heterocycles. The number of rotatable bonds is 20. The molecule has 4 aromatic carbocycles. The summed E-state index contributed by atoms with van der Waals surface area (Å²) in [5.74, 6) is -3.00. The Hall–Kier alpha value is -4.26. The summed E-state index contributed by atoms with van der Waals surface area (Å²) in [6, 6.07) is 17.2. The van der Waals surface area contributed by atoms with Crippen molar-refractivity contribution >= 4 is 46.8 Å². The van der Waals surface area contributed by atoms with Crippen LogP contribution in [-0.2, 0) is 96.8 Å². The van der Waals surface area contributed by atoms with Crippen LogP contribution in [0.1, 0.15) is 75.9 Å². The molecular formula is C39H42F4O14P2S2. The minimum atomic E-state index is -5.82. The van der Waals surface area contributed by atoms with E-state index in [1.165, 1.54) is 74.5 Å². The fourth-order valence-electron chi connectivity index (χ4n) is 5.82. The third kappa shape index (κ3) is 13.4. The summed E-state index contributed by atoms with van der Waals surface area (Å²) >= 11 is 0. The van der Waals surface area contributed by atoms with Gasteiger partial charge in [-0.25, -0.2) is 16.8 Å². The van der Waals surface area contributed by atoms with Crippen LogP contribution in [0.5, 0.6) is 0 Å². The second-order valence-electron chi connectivity index (χ2n) is 14.0. The van der Waals surface area contributed by atoms with E-state index in [0.717, 1.165) is 24.3 Å². The Morgan fingerprint density at radius 3 is 1.15 bits per heavy atom. The summed E-state index contributed by atoms with van der Waals surface area (Å²) < 4.78 is 139. The molecule has 0 bridgehead atoms. The predicted octanol–water partition coefficient (Wildman–Crippen LogP) is 6.37. The highest BCUT2D eigenvalue weighted by Crippen LogP contribution is 2.60. The van der Waals surface area contributed by atoms with Crippen molar-refractivity contribution in [3.8, 4) is 0 Å². The number of halogens is 4. The average Bonchev–Trinajstić information content (AvgIpc) is 3.16. The van der Waals surface area contributed by atoms with Crippen LogP contribution in [0.3, 0.4) is 0 Å². The zero-order valence-corrected chi connectivity index (χ0v) is 36.0. The number of ether oxygens (including phenoxy) is 2. The van der Waals surface area contributed by atoms with Crippen molar-refractivity contribution in [2.24, 2.45) is 0 Å². The fourth-order valence-corrected chi connectivity index (χ4v) is 8.57. The first-order valence-corrected chi connectivity index (χ1v) is 25.0. The molecule has 0 aliphatic rings. The molecule has 0 aliphatic carbocycles. The highest BCUT2D eigenvalue weighted by molar-refractivity contribution is 7.90. The molecule has 0 amide bonds. The standard InChI is InChI=1S/C39H42F4O14P2S2/c1-3-60(52,53)24-28-5-11-30(32(19-28)17-26-7-13-34(14-8-26)38(40,41)58(46,47)48)22-56-36(44)21-37(45)57-23-31-12-6-29(25-61(54,55)4-2)20-33(31)18-27-9-15-35(16-10-27)39(42,43)59(49,50)51/h5-16,19-20H,3-4,17-18,21-25H2,1-2H3,(H2,46,47,48)(H2,49,50,51). The van der Waals surface area contributed by atoms with Crippen molar-refractivity contribution in [3.63, 3.8) is 0 Å². The zero-order valence-electron chi connectivity index (χ0n) is 32.5. The van der Waals surface area contributed by atoms with Crippen molar-refractivity contribution < 1.29 is 82.2 Å². The summed E-state index contributed by atoms with van der Waals surface area (Å²) in [4.78, 5) is 61.8. The third-order valence-corrected chi connectivity index (χ3v) is 14.7. The van der Waals surface area contributed by atoms with Gasteiger partial charge < -0.3 is 29.0 Å². The SMILES string of the molecule is CCS(=O)(=O)Cc1ccc(COC(=O)CC(=O)OCc2ccc(CS(=O)(=O)CC)cc2Cc2ccc(C(F)(F)P(=O)(O)O)cc2)c(Cc2ccc(C(F)(F)P(=O)(O)O)cc2)c1. The molecule has 0 unspecified atom stereocenters. The molecule has 0 saturated carbocycles. The lowest BCUT2D eigenvalue weighted by Gasteiger charge is -2.18. The van der Waals surface area contributed by atoms with Crippen LogP contribution < -0.4 is 0 Å². The topological polar surface area (TPSA) is 236 Å². The second kappa shape index (κ2) is 19.4. The summed E-state index contributed by atoms with van der Waals surface area (Å²) in [6.07, 6.45) is -0.882. The Morgan fingerprint density at radius 2 is 0.852 bits per heavy atom. The lowest BCUT2D eigenvalue weighted by atomic mass is 9.97. The van der Waals surface area contributed by atoms with Crippen molar-refractivity contribution in [2.45, 2.75) is 69.2 Å². The Morgan fingerprint density at radius 1 is 0.541 bits per heavy atom. The van der Waals surface area contributed by atoms with E-state index in [4.69, 9.17) is 29.0 Å². The number of benzene rings is 4. The van der Waals surface area contributed by atoms with E-state index in [1.807, 2.05) is 0 Å². The minimum absolute atomic E-state index is 0.00772. The van der Waals surface area contributed by atoms with E-state index < -0.39 is 88.9 Å². The maximum atomic E-state index is 14.2. The number of alkyl halides is 4. The van der Waals surface area contributed by atoms with Crippen molar-refractivity contribution in [3.05, 3.63) is 141 Å². The molecule has 332 valence electrons. The molecule has 0 radical (unpaired) electrons. The van der Waals surface area contributed by atoms with Gasteiger partial charge in [0.05, 0.1) is 11.5 Å². The molecule has 61 heavy (non-hydrogen) atoms. The molecule has 0 atom stereocenters. The summed E-state index contributed by atoms with van der Waals surface area (Å²) in [5, 5.41) is 0. The molecule has 0 aliphatic heterocycles.